The molecule has 1 aromatic heterocycles. The molecule has 1 heterocycles. The highest BCUT2D eigenvalue weighted by atomic mass is 79.9. The maximum atomic E-state index is 11.2. The summed E-state index contributed by atoms with van der Waals surface area (Å²) < 4.78 is 1.93. The second-order valence-corrected chi connectivity index (χ2v) is 3.05. The lowest BCUT2D eigenvalue weighted by Gasteiger charge is -2.01. The minimum absolute atomic E-state index is 0. The van der Waals surface area contributed by atoms with E-state index < -0.39 is 0 Å². The van der Waals surface area contributed by atoms with Gasteiger partial charge in [-0.1, -0.05) is 14.4 Å². The first kappa shape index (κ1) is 16.5. The Labute approximate surface area is 102 Å². The number of hydrogen-bond acceptors (Lipinski definition) is 1. The number of pyridine rings is 1. The zero-order valence-electron chi connectivity index (χ0n) is 8.46. The predicted molar refractivity (Wildman–Crippen MR) is 57.9 cm³/mol. The fraction of sp³-hybridized carbons (Fsp3) is 0.455. The van der Waals surface area contributed by atoms with Crippen LogP contribution in [0.3, 0.4) is 0 Å². The predicted octanol–water partition coefficient (Wildman–Crippen LogP) is -1.11. The third-order valence-corrected chi connectivity index (χ3v) is 1.74. The molecular formula is C11H19BrN2O. The molecule has 0 aliphatic rings. The Morgan fingerprint density at radius 1 is 1.40 bits per heavy atom. The molecule has 1 N–H and O–H groups in total. The number of aryl methyl sites for hydroxylation is 1. The summed E-state index contributed by atoms with van der Waals surface area (Å²) in [5.41, 5.74) is 0.858. The third kappa shape index (κ3) is 6.23. The normalized spacial score (nSPS) is 8.40. The van der Waals surface area contributed by atoms with E-state index in [4.69, 9.17) is 0 Å². The number of carbonyl (C=O) groups excluding carboxylic acids is 1. The smallest absolute Gasteiger partial charge is 0.224 e. The van der Waals surface area contributed by atoms with E-state index in [1.54, 1.807) is 0 Å². The van der Waals surface area contributed by atoms with E-state index >= 15 is 0 Å². The highest BCUT2D eigenvalue weighted by Crippen LogP contribution is 2.03. The molecule has 0 unspecified atom stereocenters. The molecule has 0 radical (unpaired) electrons. The maximum Gasteiger partial charge on any atom is 0.224 e. The number of aromatic nitrogens is 1. The van der Waals surface area contributed by atoms with E-state index in [1.807, 2.05) is 43.1 Å². The quantitative estimate of drug-likeness (QED) is 0.697. The van der Waals surface area contributed by atoms with Crippen LogP contribution in [-0.2, 0) is 11.8 Å². The van der Waals surface area contributed by atoms with Gasteiger partial charge in [0.15, 0.2) is 12.4 Å². The summed E-state index contributed by atoms with van der Waals surface area (Å²) in [6, 6.07) is 3.76. The summed E-state index contributed by atoms with van der Waals surface area (Å²) in [7, 11) is 1.94. The summed E-state index contributed by atoms with van der Waals surface area (Å²) in [5.74, 6) is 0.0800. The summed E-state index contributed by atoms with van der Waals surface area (Å²) >= 11 is 0. The molecule has 86 valence electrons. The van der Waals surface area contributed by atoms with Gasteiger partial charge in [0.25, 0.3) is 0 Å². The summed E-state index contributed by atoms with van der Waals surface area (Å²) in [4.78, 5) is 11.2. The molecule has 0 atom stereocenters. The highest BCUT2D eigenvalue weighted by Gasteiger charge is 2.00. The van der Waals surface area contributed by atoms with E-state index in [-0.39, 0.29) is 30.3 Å². The van der Waals surface area contributed by atoms with Crippen molar-refractivity contribution in [3.8, 4) is 0 Å². The van der Waals surface area contributed by atoms with Crippen molar-refractivity contribution in [3.63, 3.8) is 0 Å². The van der Waals surface area contributed by atoms with Gasteiger partial charge in [-0.15, -0.1) is 0 Å². The fourth-order valence-corrected chi connectivity index (χ4v) is 1.03. The van der Waals surface area contributed by atoms with Gasteiger partial charge >= 0.3 is 0 Å². The van der Waals surface area contributed by atoms with Gasteiger partial charge < -0.3 is 22.3 Å². The lowest BCUT2D eigenvalue weighted by molar-refractivity contribution is -0.671. The molecule has 0 fully saturated rings. The molecular weight excluding hydrogens is 256 g/mol. The molecule has 1 aromatic rings. The number of nitrogens with zero attached hydrogens (tertiary/aromatic N) is 1. The topological polar surface area (TPSA) is 33.0 Å². The van der Waals surface area contributed by atoms with Gasteiger partial charge in [-0.2, -0.15) is 0 Å². The number of rotatable bonds is 3. The van der Waals surface area contributed by atoms with Gasteiger partial charge in [0, 0.05) is 18.6 Å². The third-order valence-electron chi connectivity index (χ3n) is 1.74. The van der Waals surface area contributed by atoms with Crippen LogP contribution in [0.25, 0.3) is 0 Å². The van der Waals surface area contributed by atoms with Gasteiger partial charge in [-0.3, -0.25) is 4.79 Å². The second-order valence-electron chi connectivity index (χ2n) is 3.05. The van der Waals surface area contributed by atoms with Crippen molar-refractivity contribution < 1.29 is 26.3 Å². The number of halogens is 1. The first-order valence-electron chi connectivity index (χ1n) is 4.47. The van der Waals surface area contributed by atoms with Crippen LogP contribution in [-0.4, -0.2) is 5.91 Å². The van der Waals surface area contributed by atoms with Gasteiger partial charge in [0.1, 0.15) is 7.05 Å². The van der Waals surface area contributed by atoms with Crippen LogP contribution < -0.4 is 26.9 Å². The van der Waals surface area contributed by atoms with Gasteiger partial charge in [0.05, 0.1) is 5.69 Å². The Bertz CT molecular complexity index is 285. The molecule has 0 saturated heterocycles. The highest BCUT2D eigenvalue weighted by molar-refractivity contribution is 5.90. The van der Waals surface area contributed by atoms with Crippen molar-refractivity contribution in [1.29, 1.82) is 0 Å². The van der Waals surface area contributed by atoms with Crippen molar-refractivity contribution in [3.05, 3.63) is 24.5 Å². The van der Waals surface area contributed by atoms with Crippen molar-refractivity contribution in [2.24, 2.45) is 7.05 Å². The van der Waals surface area contributed by atoms with Gasteiger partial charge in [-0.05, 0) is 6.42 Å². The molecule has 0 aromatic carbocycles. The summed E-state index contributed by atoms with van der Waals surface area (Å²) in [5, 5.41) is 2.82. The Morgan fingerprint density at radius 3 is 2.40 bits per heavy atom. The van der Waals surface area contributed by atoms with E-state index in [0.29, 0.717) is 6.42 Å². The molecule has 1 rings (SSSR count). The molecule has 0 aliphatic carbocycles. The van der Waals surface area contributed by atoms with Gasteiger partial charge in [0.2, 0.25) is 5.91 Å². The van der Waals surface area contributed by atoms with Crippen molar-refractivity contribution in [2.45, 2.75) is 27.2 Å². The first-order chi connectivity index (χ1) is 6.22. The molecule has 0 bridgehead atoms. The SMILES string of the molecule is C.CCCC(=O)Nc1cc[n+](C)cc1.[Br-]. The van der Waals surface area contributed by atoms with Crippen molar-refractivity contribution in [1.82, 2.24) is 0 Å². The van der Waals surface area contributed by atoms with Crippen LogP contribution in [0, 0.1) is 0 Å². The summed E-state index contributed by atoms with van der Waals surface area (Å²) in [6.07, 6.45) is 5.27. The van der Waals surface area contributed by atoms with E-state index in [2.05, 4.69) is 5.32 Å². The fourth-order valence-electron chi connectivity index (χ4n) is 1.03. The number of hydrogen-bond donors (Lipinski definition) is 1. The Kier molecular flexibility index (Phi) is 9.27. The van der Waals surface area contributed by atoms with E-state index in [1.165, 1.54) is 0 Å². The molecule has 0 spiro atoms. The van der Waals surface area contributed by atoms with Crippen molar-refractivity contribution in [2.75, 3.05) is 5.32 Å². The molecule has 15 heavy (non-hydrogen) atoms. The maximum absolute atomic E-state index is 11.2. The zero-order valence-corrected chi connectivity index (χ0v) is 10.0. The van der Waals surface area contributed by atoms with Crippen LogP contribution in [0.1, 0.15) is 27.2 Å². The lowest BCUT2D eigenvalue weighted by atomic mass is 10.3. The Morgan fingerprint density at radius 2 is 1.93 bits per heavy atom. The Balaban J connectivity index is 0. The minimum Gasteiger partial charge on any atom is -1.00 e. The molecule has 1 amide bonds. The standard InChI is InChI=1S/C10H14N2O.CH4.BrH/c1-3-4-10(13)11-9-5-7-12(2)8-6-9;;/h5-8H,3-4H2,1-2H3;1H4;1H. The second kappa shape index (κ2) is 8.41. The average Bonchev–Trinajstić information content (AvgIpc) is 2.09. The monoisotopic (exact) mass is 274 g/mol. The minimum atomic E-state index is 0. The first-order valence-corrected chi connectivity index (χ1v) is 4.47. The van der Waals surface area contributed by atoms with Crippen LogP contribution in [0.15, 0.2) is 24.5 Å². The molecule has 0 saturated carbocycles. The molecule has 3 nitrogen and oxygen atoms in total. The number of carbonyl (C=O) groups is 1. The largest absolute Gasteiger partial charge is 1.00 e. The number of nitrogens with one attached hydrogen (secondary N) is 1. The van der Waals surface area contributed by atoms with Crippen LogP contribution in [0.4, 0.5) is 5.69 Å². The summed E-state index contributed by atoms with van der Waals surface area (Å²) in [6.45, 7) is 1.99. The van der Waals surface area contributed by atoms with Crippen molar-refractivity contribution >= 4 is 11.6 Å². The van der Waals surface area contributed by atoms with E-state index in [9.17, 15) is 4.79 Å². The number of anilines is 1. The number of amides is 1. The van der Waals surface area contributed by atoms with Crippen LogP contribution in [0.5, 0.6) is 0 Å². The van der Waals surface area contributed by atoms with Gasteiger partial charge in [-0.25, -0.2) is 4.57 Å². The van der Waals surface area contributed by atoms with Crippen LogP contribution in [0.2, 0.25) is 0 Å². The molecule has 4 heteroatoms. The Hall–Kier alpha value is -0.900. The van der Waals surface area contributed by atoms with Crippen LogP contribution >= 0.6 is 0 Å². The zero-order chi connectivity index (χ0) is 9.68. The lowest BCUT2D eigenvalue weighted by Crippen LogP contribution is -3.00. The average molecular weight is 275 g/mol. The van der Waals surface area contributed by atoms with E-state index in [0.717, 1.165) is 12.1 Å². The molecule has 0 aliphatic heterocycles.